The van der Waals surface area contributed by atoms with E-state index < -0.39 is 0 Å². The molecule has 30 heavy (non-hydrogen) atoms. The van der Waals surface area contributed by atoms with Gasteiger partial charge >= 0.3 is 6.03 Å². The summed E-state index contributed by atoms with van der Waals surface area (Å²) in [5.74, 6) is 1.53. The molecule has 2 aliphatic heterocycles. The maximum absolute atomic E-state index is 12.8. The predicted octanol–water partition coefficient (Wildman–Crippen LogP) is 3.71. The molecule has 6 heteroatoms. The number of fused-ring (bicyclic) bond motifs is 1. The van der Waals surface area contributed by atoms with Gasteiger partial charge in [-0.15, -0.1) is 0 Å². The fourth-order valence-corrected chi connectivity index (χ4v) is 5.40. The molecule has 2 aromatic rings. The predicted molar refractivity (Wildman–Crippen MR) is 115 cm³/mol. The summed E-state index contributed by atoms with van der Waals surface area (Å²) in [4.78, 5) is 17.1. The Kier molecular flexibility index (Phi) is 4.62. The molecule has 0 atom stereocenters. The summed E-state index contributed by atoms with van der Waals surface area (Å²) in [7, 11) is 4.34. The van der Waals surface area contributed by atoms with Gasteiger partial charge in [0.2, 0.25) is 6.79 Å². The van der Waals surface area contributed by atoms with E-state index in [1.165, 1.54) is 5.56 Å². The summed E-state index contributed by atoms with van der Waals surface area (Å²) in [6, 6.07) is 16.7. The highest BCUT2D eigenvalue weighted by Gasteiger charge is 2.50. The van der Waals surface area contributed by atoms with Crippen LogP contribution >= 0.6 is 0 Å². The van der Waals surface area contributed by atoms with E-state index in [0.29, 0.717) is 6.54 Å². The number of para-hydroxylation sites is 1. The zero-order valence-corrected chi connectivity index (χ0v) is 17.7. The standard InChI is InChI=1S/C24H29N3O3/c1-26(2)24(19-8-4-3-5-9-19)13-11-23(12-14-24)16-27(22(28)25-23)15-18-7-6-10-20-21(18)30-17-29-20/h3-10H,11-17H2,1-2H3,(H,25,28)/t23-,24-. The van der Waals surface area contributed by atoms with Gasteiger partial charge in [-0.2, -0.15) is 0 Å². The molecule has 2 heterocycles. The van der Waals surface area contributed by atoms with E-state index in [-0.39, 0.29) is 23.9 Å². The van der Waals surface area contributed by atoms with Crippen LogP contribution in [-0.2, 0) is 12.1 Å². The van der Waals surface area contributed by atoms with Crippen LogP contribution in [0.15, 0.2) is 48.5 Å². The number of benzene rings is 2. The minimum Gasteiger partial charge on any atom is -0.454 e. The fourth-order valence-electron chi connectivity index (χ4n) is 5.40. The van der Waals surface area contributed by atoms with E-state index >= 15 is 0 Å². The van der Waals surface area contributed by atoms with Crippen LogP contribution < -0.4 is 14.8 Å². The van der Waals surface area contributed by atoms with Gasteiger partial charge in [0, 0.05) is 17.6 Å². The second kappa shape index (κ2) is 7.20. The topological polar surface area (TPSA) is 54.0 Å². The third kappa shape index (κ3) is 3.10. The van der Waals surface area contributed by atoms with Crippen molar-refractivity contribution in [3.8, 4) is 11.5 Å². The molecule has 5 rings (SSSR count). The Morgan fingerprint density at radius 1 is 1.00 bits per heavy atom. The van der Waals surface area contributed by atoms with E-state index in [1.807, 2.05) is 23.1 Å². The molecule has 2 amide bonds. The van der Waals surface area contributed by atoms with Gasteiger partial charge in [-0.05, 0) is 51.4 Å². The molecule has 2 aromatic carbocycles. The lowest BCUT2D eigenvalue weighted by Gasteiger charge is -2.48. The van der Waals surface area contributed by atoms with Crippen molar-refractivity contribution in [2.45, 2.75) is 43.3 Å². The molecule has 0 aromatic heterocycles. The molecule has 3 aliphatic rings. The first-order chi connectivity index (χ1) is 14.5. The van der Waals surface area contributed by atoms with E-state index in [1.54, 1.807) is 0 Å². The Morgan fingerprint density at radius 2 is 1.77 bits per heavy atom. The van der Waals surface area contributed by atoms with Gasteiger partial charge in [0.15, 0.2) is 11.5 Å². The Hall–Kier alpha value is -2.73. The monoisotopic (exact) mass is 407 g/mol. The van der Waals surface area contributed by atoms with Crippen molar-refractivity contribution in [2.24, 2.45) is 0 Å². The first kappa shape index (κ1) is 19.2. The number of hydrogen-bond donors (Lipinski definition) is 1. The van der Waals surface area contributed by atoms with Crippen LogP contribution in [0.5, 0.6) is 11.5 Å². The third-order valence-corrected chi connectivity index (χ3v) is 7.19. The van der Waals surface area contributed by atoms with E-state index in [0.717, 1.165) is 49.3 Å². The molecule has 158 valence electrons. The van der Waals surface area contributed by atoms with E-state index in [4.69, 9.17) is 9.47 Å². The summed E-state index contributed by atoms with van der Waals surface area (Å²) in [5, 5.41) is 3.33. The molecule has 0 unspecified atom stereocenters. The highest BCUT2D eigenvalue weighted by Crippen LogP contribution is 2.46. The van der Waals surface area contributed by atoms with Gasteiger partial charge in [0.25, 0.3) is 0 Å². The number of urea groups is 1. The lowest BCUT2D eigenvalue weighted by molar-refractivity contribution is 0.0617. The Labute approximate surface area is 177 Å². The van der Waals surface area contributed by atoms with Gasteiger partial charge in [0.1, 0.15) is 0 Å². The number of amides is 2. The summed E-state index contributed by atoms with van der Waals surface area (Å²) < 4.78 is 11.1. The highest BCUT2D eigenvalue weighted by molar-refractivity contribution is 5.78. The smallest absolute Gasteiger partial charge is 0.318 e. The Balaban J connectivity index is 1.32. The lowest BCUT2D eigenvalue weighted by atomic mass is 9.69. The van der Waals surface area contributed by atoms with Crippen molar-refractivity contribution in [3.05, 3.63) is 59.7 Å². The molecule has 1 spiro atoms. The first-order valence-corrected chi connectivity index (χ1v) is 10.7. The molecular weight excluding hydrogens is 378 g/mol. The summed E-state index contributed by atoms with van der Waals surface area (Å²) in [6.07, 6.45) is 3.98. The second-order valence-corrected chi connectivity index (χ2v) is 9.01. The SMILES string of the molecule is CN(C)[C@]1(c2ccccc2)CC[C@@]2(CC1)CN(Cc1cccc3c1OCO3)C(=O)N2. The number of hydrogen-bond acceptors (Lipinski definition) is 4. The average Bonchev–Trinajstić information content (AvgIpc) is 3.35. The average molecular weight is 408 g/mol. The molecule has 0 radical (unpaired) electrons. The van der Waals surface area contributed by atoms with E-state index in [9.17, 15) is 4.79 Å². The van der Waals surface area contributed by atoms with Crippen LogP contribution in [-0.4, -0.2) is 48.8 Å². The van der Waals surface area contributed by atoms with Crippen molar-refractivity contribution in [3.63, 3.8) is 0 Å². The number of ether oxygens (including phenoxy) is 2. The van der Waals surface area contributed by atoms with Gasteiger partial charge in [-0.25, -0.2) is 4.79 Å². The summed E-state index contributed by atoms with van der Waals surface area (Å²) in [5.41, 5.74) is 2.24. The largest absolute Gasteiger partial charge is 0.454 e. The molecule has 6 nitrogen and oxygen atoms in total. The third-order valence-electron chi connectivity index (χ3n) is 7.19. The number of nitrogens with one attached hydrogen (secondary N) is 1. The second-order valence-electron chi connectivity index (χ2n) is 9.01. The lowest BCUT2D eigenvalue weighted by Crippen LogP contribution is -2.54. The highest BCUT2D eigenvalue weighted by atomic mass is 16.7. The number of nitrogens with zero attached hydrogens (tertiary/aromatic N) is 2. The molecule has 0 bridgehead atoms. The van der Waals surface area contributed by atoms with Crippen LogP contribution in [0.4, 0.5) is 4.79 Å². The van der Waals surface area contributed by atoms with Crippen LogP contribution in [0.3, 0.4) is 0 Å². The van der Waals surface area contributed by atoms with Crippen LogP contribution in [0, 0.1) is 0 Å². The van der Waals surface area contributed by atoms with Crippen molar-refractivity contribution >= 4 is 6.03 Å². The van der Waals surface area contributed by atoms with Crippen LogP contribution in [0.2, 0.25) is 0 Å². The number of carbonyl (C=O) groups excluding carboxylic acids is 1. The van der Waals surface area contributed by atoms with Crippen molar-refractivity contribution in [2.75, 3.05) is 27.4 Å². The molecule has 1 saturated carbocycles. The Morgan fingerprint density at radius 3 is 2.50 bits per heavy atom. The van der Waals surface area contributed by atoms with Crippen molar-refractivity contribution < 1.29 is 14.3 Å². The molecule has 1 aliphatic carbocycles. The normalized spacial score (nSPS) is 27.7. The van der Waals surface area contributed by atoms with Crippen LogP contribution in [0.1, 0.15) is 36.8 Å². The quantitative estimate of drug-likeness (QED) is 0.840. The van der Waals surface area contributed by atoms with Crippen molar-refractivity contribution in [1.29, 1.82) is 0 Å². The minimum atomic E-state index is -0.152. The van der Waals surface area contributed by atoms with E-state index in [2.05, 4.69) is 54.6 Å². The maximum atomic E-state index is 12.8. The number of carbonyl (C=O) groups is 1. The fraction of sp³-hybridized carbons (Fsp3) is 0.458. The first-order valence-electron chi connectivity index (χ1n) is 10.7. The molecule has 1 saturated heterocycles. The zero-order chi connectivity index (χ0) is 20.8. The summed E-state index contributed by atoms with van der Waals surface area (Å²) in [6.45, 7) is 1.51. The van der Waals surface area contributed by atoms with Gasteiger partial charge in [0.05, 0.1) is 12.1 Å². The molecular formula is C24H29N3O3. The van der Waals surface area contributed by atoms with Gasteiger partial charge < -0.3 is 19.7 Å². The molecule has 1 N–H and O–H groups in total. The van der Waals surface area contributed by atoms with Crippen LogP contribution in [0.25, 0.3) is 0 Å². The summed E-state index contributed by atoms with van der Waals surface area (Å²) >= 11 is 0. The number of rotatable bonds is 4. The minimum absolute atomic E-state index is 0.0172. The van der Waals surface area contributed by atoms with Gasteiger partial charge in [-0.3, -0.25) is 4.90 Å². The zero-order valence-electron chi connectivity index (χ0n) is 17.7. The van der Waals surface area contributed by atoms with Crippen molar-refractivity contribution in [1.82, 2.24) is 15.1 Å². The Bertz CT molecular complexity index is 936. The van der Waals surface area contributed by atoms with Gasteiger partial charge in [-0.1, -0.05) is 42.5 Å². The maximum Gasteiger partial charge on any atom is 0.318 e. The molecule has 2 fully saturated rings.